The highest BCUT2D eigenvalue weighted by atomic mass is 32.2. The predicted molar refractivity (Wildman–Crippen MR) is 36.0 cm³/mol. The average Bonchev–Trinajstić information content (AvgIpc) is 1.83. The summed E-state index contributed by atoms with van der Waals surface area (Å²) in [6, 6.07) is 0. The molecule has 4 heteroatoms. The summed E-state index contributed by atoms with van der Waals surface area (Å²) in [4.78, 5) is 0. The van der Waals surface area contributed by atoms with E-state index in [1.54, 1.807) is 0 Å². The van der Waals surface area contributed by atoms with Gasteiger partial charge in [-0.05, 0) is 13.3 Å². The van der Waals surface area contributed by atoms with Gasteiger partial charge in [0.25, 0.3) is 0 Å². The van der Waals surface area contributed by atoms with Gasteiger partial charge in [0, 0.05) is 0 Å². The van der Waals surface area contributed by atoms with Crippen molar-refractivity contribution >= 4 is 10.7 Å². The van der Waals surface area contributed by atoms with Crippen LogP contribution < -0.4 is 0 Å². The first-order valence-electron chi connectivity index (χ1n) is 2.90. The summed E-state index contributed by atoms with van der Waals surface area (Å²) >= 11 is 0. The van der Waals surface area contributed by atoms with Gasteiger partial charge in [0.15, 0.2) is 10.7 Å². The van der Waals surface area contributed by atoms with Gasteiger partial charge in [-0.2, -0.15) is 0 Å². The molecule has 0 aromatic heterocycles. The molecule has 1 unspecified atom stereocenters. The molecule has 0 amide bonds. The van der Waals surface area contributed by atoms with Gasteiger partial charge < -0.3 is 4.74 Å². The van der Waals surface area contributed by atoms with Crippen LogP contribution in [0.1, 0.15) is 20.3 Å². The Bertz CT molecular complexity index is 122. The summed E-state index contributed by atoms with van der Waals surface area (Å²) in [5, 5.41) is 0. The maximum Gasteiger partial charge on any atom is 0.164 e. The standard InChI is InChI=1S/C5H12O3S/c1-3-5(2)8-4-9(6)7/h5,9H,3-4H2,1-2H3. The summed E-state index contributed by atoms with van der Waals surface area (Å²) in [6.07, 6.45) is 0.904. The Balaban J connectivity index is 3.27. The molecular formula is C5H12O3S. The highest BCUT2D eigenvalue weighted by Crippen LogP contribution is 1.93. The van der Waals surface area contributed by atoms with Crippen molar-refractivity contribution in [2.45, 2.75) is 26.4 Å². The van der Waals surface area contributed by atoms with E-state index in [-0.39, 0.29) is 12.0 Å². The average molecular weight is 152 g/mol. The van der Waals surface area contributed by atoms with Crippen molar-refractivity contribution in [3.63, 3.8) is 0 Å². The van der Waals surface area contributed by atoms with Crippen LogP contribution in [0.25, 0.3) is 0 Å². The van der Waals surface area contributed by atoms with Crippen molar-refractivity contribution in [2.75, 3.05) is 5.94 Å². The van der Waals surface area contributed by atoms with Crippen molar-refractivity contribution in [3.8, 4) is 0 Å². The summed E-state index contributed by atoms with van der Waals surface area (Å²) in [7, 11) is -2.36. The normalized spacial score (nSPS) is 14.1. The van der Waals surface area contributed by atoms with Crippen LogP contribution in [0, 0.1) is 0 Å². The smallest absolute Gasteiger partial charge is 0.164 e. The topological polar surface area (TPSA) is 43.4 Å². The van der Waals surface area contributed by atoms with E-state index in [9.17, 15) is 8.42 Å². The fraction of sp³-hybridized carbons (Fsp3) is 1.00. The lowest BCUT2D eigenvalue weighted by atomic mass is 10.3. The second kappa shape index (κ2) is 4.76. The maximum atomic E-state index is 9.93. The van der Waals surface area contributed by atoms with E-state index >= 15 is 0 Å². The molecule has 0 aliphatic heterocycles. The lowest BCUT2D eigenvalue weighted by Crippen LogP contribution is -2.07. The summed E-state index contributed by atoms with van der Waals surface area (Å²) in [5.41, 5.74) is 0. The minimum Gasteiger partial charge on any atom is -0.363 e. The third kappa shape index (κ3) is 5.79. The zero-order chi connectivity index (χ0) is 7.28. The molecule has 0 aromatic rings. The van der Waals surface area contributed by atoms with Gasteiger partial charge in [-0.15, -0.1) is 0 Å². The second-order valence-corrected chi connectivity index (χ2v) is 2.77. The van der Waals surface area contributed by atoms with Crippen LogP contribution in [0.5, 0.6) is 0 Å². The molecule has 0 saturated heterocycles. The van der Waals surface area contributed by atoms with E-state index < -0.39 is 10.7 Å². The number of rotatable bonds is 4. The predicted octanol–water partition coefficient (Wildman–Crippen LogP) is 0.370. The fourth-order valence-electron chi connectivity index (χ4n) is 0.306. The van der Waals surface area contributed by atoms with Crippen LogP contribution in [0.3, 0.4) is 0 Å². The first-order valence-corrected chi connectivity index (χ1v) is 4.26. The van der Waals surface area contributed by atoms with E-state index in [0.717, 1.165) is 6.42 Å². The SMILES string of the molecule is CCC(C)OC[SH](=O)=O. The first-order chi connectivity index (χ1) is 4.16. The van der Waals surface area contributed by atoms with Gasteiger partial charge in [-0.3, -0.25) is 0 Å². The molecule has 0 aliphatic carbocycles. The Kier molecular flexibility index (Phi) is 4.71. The lowest BCUT2D eigenvalue weighted by Gasteiger charge is -2.05. The summed E-state index contributed by atoms with van der Waals surface area (Å²) in [6.45, 7) is 3.79. The Morgan fingerprint density at radius 1 is 1.56 bits per heavy atom. The molecule has 0 aliphatic rings. The molecule has 0 fully saturated rings. The molecule has 0 radical (unpaired) electrons. The molecule has 0 heterocycles. The van der Waals surface area contributed by atoms with Crippen LogP contribution in [0.2, 0.25) is 0 Å². The number of hydrogen-bond acceptors (Lipinski definition) is 3. The molecule has 0 N–H and O–H groups in total. The number of hydrogen-bond donors (Lipinski definition) is 1. The Hall–Kier alpha value is -0.0900. The molecule has 0 saturated carbocycles. The first kappa shape index (κ1) is 8.91. The molecule has 0 spiro atoms. The number of thiol groups is 1. The zero-order valence-corrected chi connectivity index (χ0v) is 6.56. The fourth-order valence-corrected chi connectivity index (χ4v) is 0.682. The molecule has 1 atom stereocenters. The van der Waals surface area contributed by atoms with E-state index in [0.29, 0.717) is 0 Å². The van der Waals surface area contributed by atoms with Crippen molar-refractivity contribution in [3.05, 3.63) is 0 Å². The Labute approximate surface area is 57.0 Å². The molecule has 0 aromatic carbocycles. The number of ether oxygens (including phenoxy) is 1. The van der Waals surface area contributed by atoms with E-state index in [2.05, 4.69) is 0 Å². The van der Waals surface area contributed by atoms with Crippen LogP contribution in [0.4, 0.5) is 0 Å². The summed E-state index contributed by atoms with van der Waals surface area (Å²) in [5.74, 6) is -0.148. The molecule has 0 rings (SSSR count). The van der Waals surface area contributed by atoms with Crippen molar-refractivity contribution in [1.82, 2.24) is 0 Å². The lowest BCUT2D eigenvalue weighted by molar-refractivity contribution is 0.0992. The van der Waals surface area contributed by atoms with Gasteiger partial charge in [-0.25, -0.2) is 8.42 Å². The zero-order valence-electron chi connectivity index (χ0n) is 5.66. The van der Waals surface area contributed by atoms with Gasteiger partial charge in [0.1, 0.15) is 5.94 Å². The maximum absolute atomic E-state index is 9.93. The Morgan fingerprint density at radius 2 is 2.11 bits per heavy atom. The highest BCUT2D eigenvalue weighted by Gasteiger charge is 1.96. The van der Waals surface area contributed by atoms with Crippen molar-refractivity contribution < 1.29 is 13.2 Å². The quantitative estimate of drug-likeness (QED) is 0.592. The third-order valence-corrected chi connectivity index (χ3v) is 1.40. The van der Waals surface area contributed by atoms with Crippen LogP contribution in [-0.2, 0) is 15.4 Å². The molecular weight excluding hydrogens is 140 g/mol. The van der Waals surface area contributed by atoms with Crippen LogP contribution in [-0.4, -0.2) is 20.5 Å². The summed E-state index contributed by atoms with van der Waals surface area (Å²) < 4.78 is 24.7. The van der Waals surface area contributed by atoms with Gasteiger partial charge in [0.2, 0.25) is 0 Å². The third-order valence-electron chi connectivity index (χ3n) is 1.04. The van der Waals surface area contributed by atoms with Crippen LogP contribution >= 0.6 is 0 Å². The van der Waals surface area contributed by atoms with E-state index in [1.165, 1.54) is 0 Å². The molecule has 3 nitrogen and oxygen atoms in total. The largest absolute Gasteiger partial charge is 0.363 e. The minimum atomic E-state index is -2.36. The monoisotopic (exact) mass is 152 g/mol. The van der Waals surface area contributed by atoms with Crippen molar-refractivity contribution in [1.29, 1.82) is 0 Å². The van der Waals surface area contributed by atoms with Gasteiger partial charge in [0.05, 0.1) is 6.10 Å². The molecule has 56 valence electrons. The van der Waals surface area contributed by atoms with Crippen LogP contribution in [0.15, 0.2) is 0 Å². The Morgan fingerprint density at radius 3 is 2.44 bits per heavy atom. The van der Waals surface area contributed by atoms with Crippen molar-refractivity contribution in [2.24, 2.45) is 0 Å². The molecule has 9 heavy (non-hydrogen) atoms. The van der Waals surface area contributed by atoms with E-state index in [1.807, 2.05) is 13.8 Å². The second-order valence-electron chi connectivity index (χ2n) is 1.85. The van der Waals surface area contributed by atoms with Gasteiger partial charge >= 0.3 is 0 Å². The van der Waals surface area contributed by atoms with E-state index in [4.69, 9.17) is 4.74 Å². The molecule has 0 bridgehead atoms. The minimum absolute atomic E-state index is 0.0536. The van der Waals surface area contributed by atoms with Gasteiger partial charge in [-0.1, -0.05) is 6.92 Å². The highest BCUT2D eigenvalue weighted by molar-refractivity contribution is 7.72.